The maximum atomic E-state index is 13.3. The van der Waals surface area contributed by atoms with E-state index in [0.29, 0.717) is 33.8 Å². The lowest BCUT2D eigenvalue weighted by atomic mass is 10.0. The van der Waals surface area contributed by atoms with Gasteiger partial charge < -0.3 is 14.7 Å². The Morgan fingerprint density at radius 3 is 2.48 bits per heavy atom. The van der Waals surface area contributed by atoms with Gasteiger partial charge in [0.15, 0.2) is 0 Å². The Labute approximate surface area is 178 Å². The molecule has 8 nitrogen and oxygen atoms in total. The second-order valence-electron chi connectivity index (χ2n) is 7.67. The van der Waals surface area contributed by atoms with Crippen molar-refractivity contribution >= 4 is 23.4 Å². The number of nitrogens with zero attached hydrogens (tertiary/aromatic N) is 3. The van der Waals surface area contributed by atoms with Gasteiger partial charge in [0, 0.05) is 23.2 Å². The first-order valence-corrected chi connectivity index (χ1v) is 9.98. The van der Waals surface area contributed by atoms with Gasteiger partial charge in [0.25, 0.3) is 11.8 Å². The molecule has 1 unspecified atom stereocenters. The summed E-state index contributed by atoms with van der Waals surface area (Å²) >= 11 is 0. The van der Waals surface area contributed by atoms with Gasteiger partial charge in [-0.2, -0.15) is 0 Å². The molecule has 0 spiro atoms. The van der Waals surface area contributed by atoms with Crippen LogP contribution >= 0.6 is 0 Å². The van der Waals surface area contributed by atoms with Crippen molar-refractivity contribution < 1.29 is 18.9 Å². The van der Waals surface area contributed by atoms with E-state index < -0.39 is 6.17 Å². The highest BCUT2D eigenvalue weighted by molar-refractivity contribution is 6.17. The van der Waals surface area contributed by atoms with Gasteiger partial charge >= 0.3 is 0 Å². The average Bonchev–Trinajstić information content (AvgIpc) is 3.26. The SMILES string of the molecule is Cc1noc(C)c1CNC(=O)CN1C(=O)c2ccccc2N2C(=O)c3ccccc3C12. The van der Waals surface area contributed by atoms with E-state index in [2.05, 4.69) is 10.5 Å². The lowest BCUT2D eigenvalue weighted by Gasteiger charge is -2.40. The third-order valence-electron chi connectivity index (χ3n) is 5.84. The predicted octanol–water partition coefficient (Wildman–Crippen LogP) is 2.72. The molecular formula is C23H20N4O4. The highest BCUT2D eigenvalue weighted by Gasteiger charge is 2.48. The quantitative estimate of drug-likeness (QED) is 0.706. The molecule has 3 aromatic rings. The molecule has 31 heavy (non-hydrogen) atoms. The molecule has 5 rings (SSSR count). The number of hydrogen-bond acceptors (Lipinski definition) is 5. The van der Waals surface area contributed by atoms with E-state index in [1.165, 1.54) is 4.90 Å². The van der Waals surface area contributed by atoms with Crippen LogP contribution in [0.1, 0.15) is 49.5 Å². The van der Waals surface area contributed by atoms with Crippen LogP contribution in [-0.2, 0) is 11.3 Å². The van der Waals surface area contributed by atoms with E-state index in [0.717, 1.165) is 5.56 Å². The van der Waals surface area contributed by atoms with E-state index in [4.69, 9.17) is 4.52 Å². The number of benzene rings is 2. The van der Waals surface area contributed by atoms with Crippen LogP contribution < -0.4 is 10.2 Å². The minimum absolute atomic E-state index is 0.179. The summed E-state index contributed by atoms with van der Waals surface area (Å²) in [5, 5.41) is 6.73. The molecule has 2 aromatic carbocycles. The van der Waals surface area contributed by atoms with Crippen molar-refractivity contribution in [1.82, 2.24) is 15.4 Å². The van der Waals surface area contributed by atoms with Crippen molar-refractivity contribution in [2.24, 2.45) is 0 Å². The van der Waals surface area contributed by atoms with Crippen LogP contribution in [0.2, 0.25) is 0 Å². The molecule has 3 amide bonds. The van der Waals surface area contributed by atoms with Crippen molar-refractivity contribution in [2.45, 2.75) is 26.6 Å². The van der Waals surface area contributed by atoms with Crippen LogP contribution in [-0.4, -0.2) is 34.3 Å². The van der Waals surface area contributed by atoms with Gasteiger partial charge in [-0.05, 0) is 32.0 Å². The van der Waals surface area contributed by atoms with Crippen molar-refractivity contribution in [2.75, 3.05) is 11.4 Å². The minimum atomic E-state index is -0.657. The normalized spacial score (nSPS) is 16.8. The summed E-state index contributed by atoms with van der Waals surface area (Å²) in [7, 11) is 0. The molecular weight excluding hydrogens is 396 g/mol. The molecule has 0 radical (unpaired) electrons. The summed E-state index contributed by atoms with van der Waals surface area (Å²) in [6.07, 6.45) is -0.657. The Morgan fingerprint density at radius 2 is 1.74 bits per heavy atom. The third kappa shape index (κ3) is 2.91. The smallest absolute Gasteiger partial charge is 0.260 e. The van der Waals surface area contributed by atoms with Crippen molar-refractivity contribution in [3.8, 4) is 0 Å². The second-order valence-corrected chi connectivity index (χ2v) is 7.67. The first kappa shape index (κ1) is 19.0. The summed E-state index contributed by atoms with van der Waals surface area (Å²) in [4.78, 5) is 42.4. The Balaban J connectivity index is 1.47. The molecule has 0 fully saturated rings. The number of nitrogens with one attached hydrogen (secondary N) is 1. The number of rotatable bonds is 4. The zero-order valence-electron chi connectivity index (χ0n) is 17.1. The van der Waals surface area contributed by atoms with E-state index >= 15 is 0 Å². The summed E-state index contributed by atoms with van der Waals surface area (Å²) in [6, 6.07) is 14.2. The molecule has 0 saturated carbocycles. The number of para-hydroxylation sites is 1. The van der Waals surface area contributed by atoms with E-state index in [1.54, 1.807) is 48.2 Å². The molecule has 2 aliphatic heterocycles. The molecule has 2 aliphatic rings. The van der Waals surface area contributed by atoms with Gasteiger partial charge in [0.05, 0.1) is 16.9 Å². The molecule has 8 heteroatoms. The maximum absolute atomic E-state index is 13.3. The molecule has 1 aromatic heterocycles. The Hall–Kier alpha value is -3.94. The zero-order valence-corrected chi connectivity index (χ0v) is 17.1. The molecule has 0 saturated heterocycles. The minimum Gasteiger partial charge on any atom is -0.361 e. The molecule has 3 heterocycles. The van der Waals surface area contributed by atoms with Gasteiger partial charge in [0.1, 0.15) is 18.5 Å². The number of carbonyl (C=O) groups excluding carboxylic acids is 3. The van der Waals surface area contributed by atoms with E-state index in [9.17, 15) is 14.4 Å². The number of fused-ring (bicyclic) bond motifs is 5. The Bertz CT molecular complexity index is 1210. The molecule has 156 valence electrons. The van der Waals surface area contributed by atoms with Crippen molar-refractivity contribution in [3.05, 3.63) is 82.2 Å². The van der Waals surface area contributed by atoms with Crippen LogP contribution in [0.4, 0.5) is 5.69 Å². The van der Waals surface area contributed by atoms with Gasteiger partial charge in [-0.15, -0.1) is 0 Å². The number of aryl methyl sites for hydroxylation is 2. The fourth-order valence-electron chi connectivity index (χ4n) is 4.29. The van der Waals surface area contributed by atoms with Gasteiger partial charge in [-0.25, -0.2) is 0 Å². The van der Waals surface area contributed by atoms with Gasteiger partial charge in [-0.3, -0.25) is 19.3 Å². The first-order chi connectivity index (χ1) is 15.0. The third-order valence-corrected chi connectivity index (χ3v) is 5.84. The largest absolute Gasteiger partial charge is 0.361 e. The molecule has 1 atom stereocenters. The van der Waals surface area contributed by atoms with Crippen LogP contribution in [0, 0.1) is 13.8 Å². The second kappa shape index (κ2) is 7.09. The molecule has 0 bridgehead atoms. The van der Waals surface area contributed by atoms with Crippen LogP contribution in [0.5, 0.6) is 0 Å². The van der Waals surface area contributed by atoms with Crippen LogP contribution in [0.3, 0.4) is 0 Å². The zero-order chi connectivity index (χ0) is 21.7. The number of hydrogen-bond donors (Lipinski definition) is 1. The van der Waals surface area contributed by atoms with Crippen molar-refractivity contribution in [1.29, 1.82) is 0 Å². The number of aromatic nitrogens is 1. The maximum Gasteiger partial charge on any atom is 0.260 e. The highest BCUT2D eigenvalue weighted by atomic mass is 16.5. The van der Waals surface area contributed by atoms with E-state index in [1.807, 2.05) is 19.1 Å². The number of carbonyl (C=O) groups is 3. The standard InChI is InChI=1S/C23H20N4O4/c1-13-18(14(2)31-25-13)11-24-20(28)12-26-21-15-7-3-4-8-16(15)23(30)27(21)19-10-6-5-9-17(19)22(26)29/h3-10,21H,11-12H2,1-2H3,(H,24,28). The van der Waals surface area contributed by atoms with Gasteiger partial charge in [-0.1, -0.05) is 35.5 Å². The molecule has 1 N–H and O–H groups in total. The predicted molar refractivity (Wildman–Crippen MR) is 111 cm³/mol. The first-order valence-electron chi connectivity index (χ1n) is 9.98. The van der Waals surface area contributed by atoms with Gasteiger partial charge in [0.2, 0.25) is 5.91 Å². The number of anilines is 1. The fraction of sp³-hybridized carbons (Fsp3) is 0.217. The van der Waals surface area contributed by atoms with E-state index in [-0.39, 0.29) is 30.8 Å². The highest BCUT2D eigenvalue weighted by Crippen LogP contribution is 2.44. The summed E-state index contributed by atoms with van der Waals surface area (Å²) < 4.78 is 5.13. The Morgan fingerprint density at radius 1 is 1.03 bits per heavy atom. The van der Waals surface area contributed by atoms with Crippen molar-refractivity contribution in [3.63, 3.8) is 0 Å². The number of amides is 3. The lowest BCUT2D eigenvalue weighted by molar-refractivity contribution is -0.122. The summed E-state index contributed by atoms with van der Waals surface area (Å²) in [6.45, 7) is 3.66. The Kier molecular flexibility index (Phi) is 4.35. The average molecular weight is 416 g/mol. The topological polar surface area (TPSA) is 95.8 Å². The monoisotopic (exact) mass is 416 g/mol. The lowest BCUT2D eigenvalue weighted by Crippen LogP contribution is -2.51. The van der Waals surface area contributed by atoms with Crippen LogP contribution in [0.15, 0.2) is 53.1 Å². The summed E-state index contributed by atoms with van der Waals surface area (Å²) in [5.74, 6) is -0.151. The fourth-order valence-corrected chi connectivity index (χ4v) is 4.29. The summed E-state index contributed by atoms with van der Waals surface area (Å²) in [5.41, 5.74) is 3.74. The molecule has 0 aliphatic carbocycles. The van der Waals surface area contributed by atoms with Crippen LogP contribution in [0.25, 0.3) is 0 Å².